The first-order valence-electron chi connectivity index (χ1n) is 8.47. The monoisotopic (exact) mass is 363 g/mol. The summed E-state index contributed by atoms with van der Waals surface area (Å²) in [7, 11) is 1.62. The summed E-state index contributed by atoms with van der Waals surface area (Å²) in [5, 5.41) is 2.85. The number of nitrogens with zero attached hydrogens (tertiary/aromatic N) is 1. The maximum atomic E-state index is 12.3. The van der Waals surface area contributed by atoms with Crippen molar-refractivity contribution in [3.05, 3.63) is 77.5 Å². The van der Waals surface area contributed by atoms with Gasteiger partial charge in [0.05, 0.1) is 12.7 Å². The fourth-order valence-electron chi connectivity index (χ4n) is 2.55. The van der Waals surface area contributed by atoms with Crippen molar-refractivity contribution in [3.63, 3.8) is 0 Å². The summed E-state index contributed by atoms with van der Waals surface area (Å²) < 4.78 is 11.0. The molecule has 0 unspecified atom stereocenters. The number of aryl methyl sites for hydroxylation is 1. The van der Waals surface area contributed by atoms with Crippen LogP contribution in [0.15, 0.2) is 60.7 Å². The zero-order valence-corrected chi connectivity index (χ0v) is 15.2. The number of methoxy groups -OCH3 is 1. The average molecular weight is 363 g/mol. The number of hydrogen-bond donors (Lipinski definition) is 2. The van der Waals surface area contributed by atoms with Crippen LogP contribution in [0, 0.1) is 6.92 Å². The molecule has 27 heavy (non-hydrogen) atoms. The number of amides is 1. The second-order valence-corrected chi connectivity index (χ2v) is 5.99. The van der Waals surface area contributed by atoms with Crippen molar-refractivity contribution in [2.75, 3.05) is 12.8 Å². The lowest BCUT2D eigenvalue weighted by molar-refractivity contribution is 0.0951. The van der Waals surface area contributed by atoms with Gasteiger partial charge in [-0.1, -0.05) is 12.1 Å². The number of anilines is 1. The van der Waals surface area contributed by atoms with Gasteiger partial charge < -0.3 is 20.5 Å². The first kappa shape index (κ1) is 18.3. The Morgan fingerprint density at radius 3 is 2.48 bits per heavy atom. The molecule has 0 fully saturated rings. The normalized spacial score (nSPS) is 10.3. The van der Waals surface area contributed by atoms with Crippen molar-refractivity contribution >= 4 is 11.7 Å². The maximum absolute atomic E-state index is 12.3. The van der Waals surface area contributed by atoms with E-state index >= 15 is 0 Å². The van der Waals surface area contributed by atoms with Crippen molar-refractivity contribution in [3.8, 4) is 17.2 Å². The van der Waals surface area contributed by atoms with Gasteiger partial charge in [-0.05, 0) is 61.0 Å². The summed E-state index contributed by atoms with van der Waals surface area (Å²) in [5.41, 5.74) is 7.87. The predicted octanol–water partition coefficient (Wildman–Crippen LogP) is 3.70. The van der Waals surface area contributed by atoms with E-state index in [1.807, 2.05) is 55.5 Å². The topological polar surface area (TPSA) is 86.5 Å². The lowest BCUT2D eigenvalue weighted by Gasteiger charge is -2.10. The van der Waals surface area contributed by atoms with Gasteiger partial charge in [-0.25, -0.2) is 4.98 Å². The highest BCUT2D eigenvalue weighted by molar-refractivity contribution is 5.98. The summed E-state index contributed by atoms with van der Waals surface area (Å²) in [6.07, 6.45) is 0. The third-order valence-corrected chi connectivity index (χ3v) is 3.96. The minimum atomic E-state index is -0.263. The summed E-state index contributed by atoms with van der Waals surface area (Å²) in [4.78, 5) is 16.4. The largest absolute Gasteiger partial charge is 0.497 e. The molecule has 0 saturated heterocycles. The van der Waals surface area contributed by atoms with Gasteiger partial charge in [0.15, 0.2) is 0 Å². The van der Waals surface area contributed by atoms with Crippen LogP contribution in [0.5, 0.6) is 17.2 Å². The molecule has 0 bridgehead atoms. The van der Waals surface area contributed by atoms with E-state index in [1.54, 1.807) is 19.2 Å². The van der Waals surface area contributed by atoms with Crippen LogP contribution in [0.25, 0.3) is 0 Å². The first-order chi connectivity index (χ1) is 13.0. The number of ether oxygens (including phenoxy) is 2. The molecule has 3 rings (SSSR count). The van der Waals surface area contributed by atoms with E-state index in [1.165, 1.54) is 0 Å². The lowest BCUT2D eigenvalue weighted by Crippen LogP contribution is -2.24. The second kappa shape index (κ2) is 8.23. The van der Waals surface area contributed by atoms with E-state index in [2.05, 4.69) is 10.3 Å². The summed E-state index contributed by atoms with van der Waals surface area (Å²) in [6.45, 7) is 2.18. The van der Waals surface area contributed by atoms with Gasteiger partial charge in [-0.3, -0.25) is 4.79 Å². The molecular formula is C21H21N3O3. The van der Waals surface area contributed by atoms with Crippen LogP contribution >= 0.6 is 0 Å². The third-order valence-electron chi connectivity index (χ3n) is 3.96. The van der Waals surface area contributed by atoms with Crippen LogP contribution in [0.4, 0.5) is 5.82 Å². The smallest absolute Gasteiger partial charge is 0.255 e. The first-order valence-corrected chi connectivity index (χ1v) is 8.47. The van der Waals surface area contributed by atoms with Gasteiger partial charge in [0, 0.05) is 12.2 Å². The van der Waals surface area contributed by atoms with Crippen LogP contribution in [-0.4, -0.2) is 18.0 Å². The maximum Gasteiger partial charge on any atom is 0.255 e. The molecule has 0 atom stereocenters. The average Bonchev–Trinajstić information content (AvgIpc) is 2.67. The highest BCUT2D eigenvalue weighted by atomic mass is 16.5. The molecule has 0 radical (unpaired) electrons. The Balaban J connectivity index is 1.64. The third kappa shape index (κ3) is 4.76. The number of pyridine rings is 1. The summed E-state index contributed by atoms with van der Waals surface area (Å²) in [5.74, 6) is 2.12. The number of nitrogens with one attached hydrogen (secondary N) is 1. The quantitative estimate of drug-likeness (QED) is 0.697. The number of rotatable bonds is 6. The van der Waals surface area contributed by atoms with Gasteiger partial charge >= 0.3 is 0 Å². The molecule has 3 aromatic rings. The molecule has 1 amide bonds. The Kier molecular flexibility index (Phi) is 5.56. The van der Waals surface area contributed by atoms with Gasteiger partial charge in [-0.2, -0.15) is 0 Å². The van der Waals surface area contributed by atoms with Crippen molar-refractivity contribution in [1.29, 1.82) is 0 Å². The Morgan fingerprint density at radius 2 is 1.78 bits per heavy atom. The van der Waals surface area contributed by atoms with Crippen LogP contribution < -0.4 is 20.5 Å². The molecule has 1 aromatic heterocycles. The molecule has 1 heterocycles. The molecule has 6 nitrogen and oxygen atoms in total. The second-order valence-electron chi connectivity index (χ2n) is 5.99. The van der Waals surface area contributed by atoms with E-state index in [4.69, 9.17) is 15.2 Å². The number of nitrogen functional groups attached to an aromatic ring is 1. The minimum Gasteiger partial charge on any atom is -0.497 e. The lowest BCUT2D eigenvalue weighted by atomic mass is 10.2. The van der Waals surface area contributed by atoms with Crippen molar-refractivity contribution in [2.45, 2.75) is 13.5 Å². The van der Waals surface area contributed by atoms with Gasteiger partial charge in [0.1, 0.15) is 23.1 Å². The number of aromatic nitrogens is 1. The highest BCUT2D eigenvalue weighted by Crippen LogP contribution is 2.24. The van der Waals surface area contributed by atoms with Crippen LogP contribution in [-0.2, 0) is 6.54 Å². The van der Waals surface area contributed by atoms with Gasteiger partial charge in [-0.15, -0.1) is 0 Å². The Morgan fingerprint density at radius 1 is 1.04 bits per heavy atom. The van der Waals surface area contributed by atoms with E-state index in [0.29, 0.717) is 23.6 Å². The van der Waals surface area contributed by atoms with Crippen LogP contribution in [0.1, 0.15) is 21.6 Å². The molecule has 0 aliphatic rings. The molecule has 6 heteroatoms. The van der Waals surface area contributed by atoms with E-state index in [0.717, 1.165) is 17.0 Å². The SMILES string of the molecule is COc1ccc(Oc2cccc(CNC(=O)c3ccc(C)nc3N)c2)cc1. The number of benzene rings is 2. The van der Waals surface area contributed by atoms with Crippen molar-refractivity contribution in [1.82, 2.24) is 10.3 Å². The number of nitrogens with two attached hydrogens (primary N) is 1. The molecule has 0 spiro atoms. The number of hydrogen-bond acceptors (Lipinski definition) is 5. The summed E-state index contributed by atoms with van der Waals surface area (Å²) >= 11 is 0. The number of carbonyl (C=O) groups is 1. The van der Waals surface area contributed by atoms with E-state index in [9.17, 15) is 4.79 Å². The summed E-state index contributed by atoms with van der Waals surface area (Å²) in [6, 6.07) is 18.3. The fraction of sp³-hybridized carbons (Fsp3) is 0.143. The molecule has 0 aliphatic heterocycles. The molecule has 2 aromatic carbocycles. The Labute approximate surface area is 158 Å². The standard InChI is InChI=1S/C21H21N3O3/c1-14-6-11-19(20(22)24-14)21(25)23-13-15-4-3-5-18(12-15)27-17-9-7-16(26-2)8-10-17/h3-12H,13H2,1-2H3,(H2,22,24)(H,23,25). The van der Waals surface area contributed by atoms with Crippen molar-refractivity contribution < 1.29 is 14.3 Å². The molecular weight excluding hydrogens is 342 g/mol. The molecule has 0 aliphatic carbocycles. The molecule has 0 saturated carbocycles. The Bertz CT molecular complexity index is 940. The van der Waals surface area contributed by atoms with Gasteiger partial charge in [0.2, 0.25) is 0 Å². The number of carbonyl (C=O) groups excluding carboxylic acids is 1. The van der Waals surface area contributed by atoms with Crippen molar-refractivity contribution in [2.24, 2.45) is 0 Å². The van der Waals surface area contributed by atoms with Crippen LogP contribution in [0.3, 0.4) is 0 Å². The predicted molar refractivity (Wildman–Crippen MR) is 104 cm³/mol. The molecule has 3 N–H and O–H groups in total. The Hall–Kier alpha value is -3.54. The van der Waals surface area contributed by atoms with E-state index < -0.39 is 0 Å². The van der Waals surface area contributed by atoms with Crippen LogP contribution in [0.2, 0.25) is 0 Å². The minimum absolute atomic E-state index is 0.226. The highest BCUT2D eigenvalue weighted by Gasteiger charge is 2.10. The zero-order chi connectivity index (χ0) is 19.2. The van der Waals surface area contributed by atoms with E-state index in [-0.39, 0.29) is 11.7 Å². The zero-order valence-electron chi connectivity index (χ0n) is 15.2. The fourth-order valence-corrected chi connectivity index (χ4v) is 2.55. The van der Waals surface area contributed by atoms with Gasteiger partial charge in [0.25, 0.3) is 5.91 Å². The molecule has 138 valence electrons.